The molecule has 2 heterocycles. The Hall–Kier alpha value is -3.48. The minimum Gasteiger partial charge on any atom is -0.478 e. The highest BCUT2D eigenvalue weighted by Gasteiger charge is 2.33. The number of benzene rings is 2. The number of aromatic nitrogens is 2. The van der Waals surface area contributed by atoms with E-state index in [0.717, 1.165) is 38.5 Å². The molecule has 0 bridgehead atoms. The van der Waals surface area contributed by atoms with Gasteiger partial charge < -0.3 is 10.0 Å². The van der Waals surface area contributed by atoms with Gasteiger partial charge in [0.25, 0.3) is 5.91 Å². The van der Waals surface area contributed by atoms with E-state index in [1.807, 2.05) is 11.0 Å². The maximum atomic E-state index is 15.7. The lowest BCUT2D eigenvalue weighted by Gasteiger charge is -2.25. The van der Waals surface area contributed by atoms with E-state index in [2.05, 4.69) is 12.0 Å². The van der Waals surface area contributed by atoms with Crippen molar-refractivity contribution in [3.05, 3.63) is 71.3 Å². The lowest BCUT2D eigenvalue weighted by atomic mass is 10.0. The van der Waals surface area contributed by atoms with Crippen molar-refractivity contribution in [1.29, 1.82) is 0 Å². The van der Waals surface area contributed by atoms with Crippen molar-refractivity contribution in [2.45, 2.75) is 57.4 Å². The molecule has 2 fully saturated rings. The molecule has 1 aliphatic carbocycles. The number of carboxylic acid groups (broad SMARTS) is 1. The summed E-state index contributed by atoms with van der Waals surface area (Å²) in [7, 11) is 0. The second-order valence-corrected chi connectivity index (χ2v) is 9.24. The van der Waals surface area contributed by atoms with Gasteiger partial charge in [-0.2, -0.15) is 5.10 Å². The molecule has 1 atom stereocenters. The summed E-state index contributed by atoms with van der Waals surface area (Å²) in [6.45, 7) is 2.76. The Morgan fingerprint density at radius 3 is 2.65 bits per heavy atom. The van der Waals surface area contributed by atoms with Crippen molar-refractivity contribution in [2.75, 3.05) is 6.54 Å². The first-order valence-electron chi connectivity index (χ1n) is 12.0. The molecule has 6 nitrogen and oxygen atoms in total. The third-order valence-corrected chi connectivity index (χ3v) is 6.89. The molecule has 1 saturated heterocycles. The predicted octanol–water partition coefficient (Wildman–Crippen LogP) is 5.66. The summed E-state index contributed by atoms with van der Waals surface area (Å²) in [6.07, 6.45) is 7.08. The van der Waals surface area contributed by atoms with Gasteiger partial charge in [-0.1, -0.05) is 37.6 Å². The maximum absolute atomic E-state index is 15.7. The Bertz CT molecular complexity index is 1250. The van der Waals surface area contributed by atoms with Crippen molar-refractivity contribution in [3.63, 3.8) is 0 Å². The fourth-order valence-electron chi connectivity index (χ4n) is 5.09. The van der Waals surface area contributed by atoms with E-state index in [9.17, 15) is 14.7 Å². The Morgan fingerprint density at radius 1 is 1.12 bits per heavy atom. The molecule has 2 aromatic carbocycles. The number of carbonyl (C=O) groups is 2. The maximum Gasteiger partial charge on any atom is 0.339 e. The first kappa shape index (κ1) is 22.3. The van der Waals surface area contributed by atoms with Crippen molar-refractivity contribution >= 4 is 11.9 Å². The Balaban J connectivity index is 1.50. The molecule has 1 aromatic heterocycles. The molecule has 34 heavy (non-hydrogen) atoms. The first-order chi connectivity index (χ1) is 16.5. The number of hydrogen-bond donors (Lipinski definition) is 1. The zero-order valence-electron chi connectivity index (χ0n) is 19.2. The summed E-state index contributed by atoms with van der Waals surface area (Å²) in [5.74, 6) is -1.60. The lowest BCUT2D eigenvalue weighted by Crippen LogP contribution is -2.36. The molecule has 1 saturated carbocycles. The van der Waals surface area contributed by atoms with E-state index < -0.39 is 11.8 Å². The molecule has 0 radical (unpaired) electrons. The number of hydrogen-bond acceptors (Lipinski definition) is 3. The molecule has 7 heteroatoms. The number of halogens is 1. The Labute approximate surface area is 198 Å². The summed E-state index contributed by atoms with van der Waals surface area (Å²) in [5, 5.41) is 13.9. The molecule has 5 rings (SSSR count). The molecule has 1 amide bonds. The van der Waals surface area contributed by atoms with Crippen LogP contribution in [0.1, 0.15) is 77.8 Å². The van der Waals surface area contributed by atoms with E-state index in [0.29, 0.717) is 29.1 Å². The minimum absolute atomic E-state index is 0.0943. The van der Waals surface area contributed by atoms with Gasteiger partial charge in [0, 0.05) is 24.1 Å². The standard InChI is InChI=1S/C27H28FN3O3/c1-2-6-19-9-5-14-30(19)26(32)22-11-4-10-21(24(22)28)18-7-3-8-20(15-18)31-25(17-12-13-17)23(16-29-31)27(33)34/h3-4,7-8,10-11,15-17,19H,2,5-6,9,12-14H2,1H3,(H,33,34). The van der Waals surface area contributed by atoms with E-state index >= 15 is 4.39 Å². The lowest BCUT2D eigenvalue weighted by molar-refractivity contribution is 0.0693. The molecular weight excluding hydrogens is 433 g/mol. The summed E-state index contributed by atoms with van der Waals surface area (Å²) in [5.41, 5.74) is 2.62. The van der Waals surface area contributed by atoms with Gasteiger partial charge in [0.2, 0.25) is 0 Å². The second kappa shape index (κ2) is 9.05. The van der Waals surface area contributed by atoms with Crippen LogP contribution in [0.25, 0.3) is 16.8 Å². The molecule has 3 aromatic rings. The van der Waals surface area contributed by atoms with Crippen molar-refractivity contribution in [1.82, 2.24) is 14.7 Å². The largest absolute Gasteiger partial charge is 0.478 e. The summed E-state index contributed by atoms with van der Waals surface area (Å²) >= 11 is 0. The number of carboxylic acids is 1. The van der Waals surface area contributed by atoms with Gasteiger partial charge in [-0.15, -0.1) is 0 Å². The van der Waals surface area contributed by atoms with Crippen LogP contribution in [0.5, 0.6) is 0 Å². The van der Waals surface area contributed by atoms with Crippen LogP contribution in [0.15, 0.2) is 48.7 Å². The highest BCUT2D eigenvalue weighted by Crippen LogP contribution is 2.42. The van der Waals surface area contributed by atoms with Gasteiger partial charge in [0.1, 0.15) is 11.4 Å². The number of carbonyl (C=O) groups excluding carboxylic acids is 1. The van der Waals surface area contributed by atoms with Crippen LogP contribution >= 0.6 is 0 Å². The number of likely N-dealkylation sites (tertiary alicyclic amines) is 1. The number of aromatic carboxylic acids is 1. The third kappa shape index (κ3) is 4.00. The van der Waals surface area contributed by atoms with Gasteiger partial charge in [-0.3, -0.25) is 4.79 Å². The highest BCUT2D eigenvalue weighted by molar-refractivity contribution is 5.96. The molecule has 176 valence electrons. The van der Waals surface area contributed by atoms with Gasteiger partial charge in [0.15, 0.2) is 0 Å². The summed E-state index contributed by atoms with van der Waals surface area (Å²) in [4.78, 5) is 26.7. The summed E-state index contributed by atoms with van der Waals surface area (Å²) < 4.78 is 17.3. The minimum atomic E-state index is -0.996. The molecule has 1 aliphatic heterocycles. The van der Waals surface area contributed by atoms with Gasteiger partial charge in [-0.05, 0) is 55.9 Å². The van der Waals surface area contributed by atoms with Crippen LogP contribution < -0.4 is 0 Å². The van der Waals surface area contributed by atoms with Gasteiger partial charge >= 0.3 is 5.97 Å². The Morgan fingerprint density at radius 2 is 1.91 bits per heavy atom. The first-order valence-corrected chi connectivity index (χ1v) is 12.0. The predicted molar refractivity (Wildman–Crippen MR) is 127 cm³/mol. The zero-order chi connectivity index (χ0) is 23.8. The number of nitrogens with zero attached hydrogens (tertiary/aromatic N) is 3. The Kier molecular flexibility index (Phi) is 5.94. The molecule has 2 aliphatic rings. The second-order valence-electron chi connectivity index (χ2n) is 9.24. The smallest absolute Gasteiger partial charge is 0.339 e. The van der Waals surface area contributed by atoms with Crippen LogP contribution in [-0.4, -0.2) is 44.3 Å². The zero-order valence-corrected chi connectivity index (χ0v) is 19.2. The van der Waals surface area contributed by atoms with Gasteiger partial charge in [-0.25, -0.2) is 13.9 Å². The van der Waals surface area contributed by atoms with E-state index in [-0.39, 0.29) is 29.0 Å². The van der Waals surface area contributed by atoms with Crippen molar-refractivity contribution in [2.24, 2.45) is 0 Å². The van der Waals surface area contributed by atoms with Crippen LogP contribution in [-0.2, 0) is 0 Å². The molecular formula is C27H28FN3O3. The molecule has 1 unspecified atom stereocenters. The molecule has 1 N–H and O–H groups in total. The van der Waals surface area contributed by atoms with E-state index in [1.54, 1.807) is 41.1 Å². The summed E-state index contributed by atoms with van der Waals surface area (Å²) in [6, 6.07) is 12.4. The average Bonchev–Trinajstić information content (AvgIpc) is 3.39. The van der Waals surface area contributed by atoms with E-state index in [4.69, 9.17) is 0 Å². The highest BCUT2D eigenvalue weighted by atomic mass is 19.1. The normalized spacial score (nSPS) is 17.8. The van der Waals surface area contributed by atoms with Crippen LogP contribution in [0.4, 0.5) is 4.39 Å². The topological polar surface area (TPSA) is 75.4 Å². The molecule has 0 spiro atoms. The van der Waals surface area contributed by atoms with Crippen LogP contribution in [0, 0.1) is 5.82 Å². The SMILES string of the molecule is CCCC1CCCN1C(=O)c1cccc(-c2cccc(-n3ncc(C(=O)O)c3C3CC3)c2)c1F. The average molecular weight is 462 g/mol. The fraction of sp³-hybridized carbons (Fsp3) is 0.370. The van der Waals surface area contributed by atoms with Crippen LogP contribution in [0.2, 0.25) is 0 Å². The van der Waals surface area contributed by atoms with E-state index in [1.165, 1.54) is 6.20 Å². The monoisotopic (exact) mass is 461 g/mol. The quantitative estimate of drug-likeness (QED) is 0.493. The fourth-order valence-corrected chi connectivity index (χ4v) is 5.09. The number of rotatable bonds is 7. The third-order valence-electron chi connectivity index (χ3n) is 6.89. The number of amides is 1. The van der Waals surface area contributed by atoms with Gasteiger partial charge in [0.05, 0.1) is 23.1 Å². The van der Waals surface area contributed by atoms with Crippen LogP contribution in [0.3, 0.4) is 0 Å². The van der Waals surface area contributed by atoms with Crippen molar-refractivity contribution < 1.29 is 19.1 Å². The van der Waals surface area contributed by atoms with Crippen molar-refractivity contribution in [3.8, 4) is 16.8 Å².